The molecule has 0 amide bonds. The van der Waals surface area contributed by atoms with Crippen LogP contribution in [0, 0.1) is 22.7 Å². The molecule has 25 heavy (non-hydrogen) atoms. The molecule has 0 radical (unpaired) electrons. The van der Waals surface area contributed by atoms with Crippen molar-refractivity contribution in [1.82, 2.24) is 0 Å². The highest BCUT2D eigenvalue weighted by molar-refractivity contribution is 5.91. The molecule has 0 aromatic heterocycles. The molecule has 0 unspecified atom stereocenters. The van der Waals surface area contributed by atoms with Gasteiger partial charge in [-0.05, 0) is 49.4 Å². The number of allylic oxidation sites excluding steroid dienone is 2. The van der Waals surface area contributed by atoms with Crippen LogP contribution in [0.4, 0.5) is 0 Å². The van der Waals surface area contributed by atoms with Crippen LogP contribution >= 0.6 is 0 Å². The Bertz CT molecular complexity index is 597. The number of ether oxygens (including phenoxy) is 1. The quantitative estimate of drug-likeness (QED) is 0.411. The maximum absolute atomic E-state index is 11.8. The van der Waals surface area contributed by atoms with E-state index in [-0.39, 0.29) is 30.5 Å². The van der Waals surface area contributed by atoms with Gasteiger partial charge in [0.25, 0.3) is 0 Å². The SMILES string of the molecule is C=C1CC[C@H]2[C@@](C)(CC[C@H](O)[C@]2(C)CO)[C@@H]1C/C=C1\C(=O)OC[C@@H]1O. The van der Waals surface area contributed by atoms with E-state index in [2.05, 4.69) is 13.5 Å². The Morgan fingerprint density at radius 2 is 2.04 bits per heavy atom. The lowest BCUT2D eigenvalue weighted by atomic mass is 9.46. The number of hydrogen-bond donors (Lipinski definition) is 3. The highest BCUT2D eigenvalue weighted by atomic mass is 16.6. The van der Waals surface area contributed by atoms with Crippen molar-refractivity contribution in [3.8, 4) is 0 Å². The Labute approximate surface area is 149 Å². The summed E-state index contributed by atoms with van der Waals surface area (Å²) in [7, 11) is 0. The van der Waals surface area contributed by atoms with Crippen LogP contribution in [-0.2, 0) is 9.53 Å². The molecular formula is C20H30O5. The Morgan fingerprint density at radius 3 is 2.64 bits per heavy atom. The zero-order valence-electron chi connectivity index (χ0n) is 15.2. The van der Waals surface area contributed by atoms with Crippen molar-refractivity contribution in [3.63, 3.8) is 0 Å². The van der Waals surface area contributed by atoms with Gasteiger partial charge in [-0.3, -0.25) is 0 Å². The van der Waals surface area contributed by atoms with Gasteiger partial charge in [0.2, 0.25) is 0 Å². The zero-order valence-corrected chi connectivity index (χ0v) is 15.2. The lowest BCUT2D eigenvalue weighted by Gasteiger charge is -2.59. The van der Waals surface area contributed by atoms with Gasteiger partial charge in [-0.15, -0.1) is 0 Å². The summed E-state index contributed by atoms with van der Waals surface area (Å²) in [6, 6.07) is 0. The standard InChI is InChI=1S/C20H30O5/c1-12-4-7-16-19(2,9-8-17(23)20(16,3)11-21)14(12)6-5-13-15(22)10-25-18(13)24/h5,14-17,21-23H,1,4,6-11H2,2-3H3/b13-5-/t14-,15+,16+,17+,19+,20-/m1/s1. The summed E-state index contributed by atoms with van der Waals surface area (Å²) in [6.07, 6.45) is 4.42. The number of carbonyl (C=O) groups excluding carboxylic acids is 1. The molecule has 0 aromatic carbocycles. The second-order valence-corrected chi connectivity index (χ2v) is 8.54. The molecule has 3 N–H and O–H groups in total. The average Bonchev–Trinajstić information content (AvgIpc) is 2.89. The van der Waals surface area contributed by atoms with Gasteiger partial charge in [-0.25, -0.2) is 4.79 Å². The minimum Gasteiger partial charge on any atom is -0.459 e. The summed E-state index contributed by atoms with van der Waals surface area (Å²) in [5.74, 6) is -0.0734. The van der Waals surface area contributed by atoms with E-state index in [1.807, 2.05) is 13.0 Å². The Balaban J connectivity index is 1.89. The molecule has 0 aromatic rings. The third-order valence-electron chi connectivity index (χ3n) is 7.23. The smallest absolute Gasteiger partial charge is 0.336 e. The summed E-state index contributed by atoms with van der Waals surface area (Å²) < 4.78 is 4.90. The van der Waals surface area contributed by atoms with Crippen molar-refractivity contribution >= 4 is 5.97 Å². The van der Waals surface area contributed by atoms with Gasteiger partial charge in [0.15, 0.2) is 0 Å². The molecular weight excluding hydrogens is 320 g/mol. The van der Waals surface area contributed by atoms with Gasteiger partial charge < -0.3 is 20.1 Å². The van der Waals surface area contributed by atoms with E-state index in [4.69, 9.17) is 4.74 Å². The van der Waals surface area contributed by atoms with Crippen LogP contribution in [0.15, 0.2) is 23.8 Å². The highest BCUT2D eigenvalue weighted by Gasteiger charge is 2.57. The van der Waals surface area contributed by atoms with Gasteiger partial charge in [0, 0.05) is 5.41 Å². The molecule has 2 saturated carbocycles. The van der Waals surface area contributed by atoms with Crippen molar-refractivity contribution in [2.24, 2.45) is 22.7 Å². The zero-order chi connectivity index (χ0) is 18.4. The van der Waals surface area contributed by atoms with Crippen molar-refractivity contribution < 1.29 is 24.9 Å². The highest BCUT2D eigenvalue weighted by Crippen LogP contribution is 2.61. The number of rotatable bonds is 3. The molecule has 3 rings (SSSR count). The summed E-state index contributed by atoms with van der Waals surface area (Å²) >= 11 is 0. The van der Waals surface area contributed by atoms with Gasteiger partial charge >= 0.3 is 5.97 Å². The maximum atomic E-state index is 11.8. The predicted octanol–water partition coefficient (Wildman–Crippen LogP) is 1.96. The molecule has 1 saturated heterocycles. The van der Waals surface area contributed by atoms with Crippen LogP contribution in [0.3, 0.4) is 0 Å². The van der Waals surface area contributed by atoms with Crippen LogP contribution in [0.2, 0.25) is 0 Å². The first-order chi connectivity index (χ1) is 11.7. The molecule has 5 heteroatoms. The Morgan fingerprint density at radius 1 is 1.32 bits per heavy atom. The Kier molecular flexibility index (Phi) is 4.86. The molecule has 2 aliphatic carbocycles. The summed E-state index contributed by atoms with van der Waals surface area (Å²) in [4.78, 5) is 11.8. The first kappa shape index (κ1) is 18.6. The van der Waals surface area contributed by atoms with E-state index in [0.717, 1.165) is 24.8 Å². The van der Waals surface area contributed by atoms with E-state index in [1.54, 1.807) is 0 Å². The van der Waals surface area contributed by atoms with Gasteiger partial charge in [0.1, 0.15) is 12.7 Å². The van der Waals surface area contributed by atoms with E-state index >= 15 is 0 Å². The molecule has 140 valence electrons. The number of fused-ring (bicyclic) bond motifs is 1. The predicted molar refractivity (Wildman–Crippen MR) is 93.6 cm³/mol. The van der Waals surface area contributed by atoms with Gasteiger partial charge in [0.05, 0.1) is 18.3 Å². The second-order valence-electron chi connectivity index (χ2n) is 8.54. The van der Waals surface area contributed by atoms with E-state index in [1.165, 1.54) is 0 Å². The van der Waals surface area contributed by atoms with Gasteiger partial charge in [-0.1, -0.05) is 32.1 Å². The Hall–Kier alpha value is -1.17. The van der Waals surface area contributed by atoms with Crippen molar-refractivity contribution in [3.05, 3.63) is 23.8 Å². The van der Waals surface area contributed by atoms with Crippen LogP contribution in [0.25, 0.3) is 0 Å². The summed E-state index contributed by atoms with van der Waals surface area (Å²) in [6.45, 7) is 8.50. The third-order valence-corrected chi connectivity index (χ3v) is 7.23. The van der Waals surface area contributed by atoms with Crippen molar-refractivity contribution in [1.29, 1.82) is 0 Å². The average molecular weight is 350 g/mol. The van der Waals surface area contributed by atoms with E-state index in [0.29, 0.717) is 18.4 Å². The minimum atomic E-state index is -0.844. The number of aliphatic hydroxyl groups is 3. The first-order valence-electron chi connectivity index (χ1n) is 9.26. The summed E-state index contributed by atoms with van der Waals surface area (Å²) in [5.41, 5.74) is 0.911. The van der Waals surface area contributed by atoms with E-state index < -0.39 is 23.6 Å². The minimum absolute atomic E-state index is 0.0280. The normalized spacial score (nSPS) is 46.2. The molecule has 0 spiro atoms. The molecule has 5 nitrogen and oxygen atoms in total. The van der Waals surface area contributed by atoms with Crippen molar-refractivity contribution in [2.75, 3.05) is 13.2 Å². The fraction of sp³-hybridized carbons (Fsp3) is 0.750. The molecule has 0 bridgehead atoms. The van der Waals surface area contributed by atoms with Crippen LogP contribution in [0.1, 0.15) is 46.0 Å². The molecule has 3 aliphatic rings. The lowest BCUT2D eigenvalue weighted by Crippen LogP contribution is -2.57. The van der Waals surface area contributed by atoms with Crippen LogP contribution < -0.4 is 0 Å². The first-order valence-corrected chi connectivity index (χ1v) is 9.26. The fourth-order valence-electron chi connectivity index (χ4n) is 5.56. The van der Waals surface area contributed by atoms with Gasteiger partial charge in [-0.2, -0.15) is 0 Å². The number of esters is 1. The van der Waals surface area contributed by atoms with Crippen LogP contribution in [-0.4, -0.2) is 46.7 Å². The largest absolute Gasteiger partial charge is 0.459 e. The van der Waals surface area contributed by atoms with E-state index in [9.17, 15) is 20.1 Å². The number of cyclic esters (lactones) is 1. The number of carbonyl (C=O) groups is 1. The number of aliphatic hydroxyl groups excluding tert-OH is 3. The number of hydrogen-bond acceptors (Lipinski definition) is 5. The summed E-state index contributed by atoms with van der Waals surface area (Å²) in [5, 5.41) is 30.4. The molecule has 6 atom stereocenters. The topological polar surface area (TPSA) is 87.0 Å². The monoisotopic (exact) mass is 350 g/mol. The van der Waals surface area contributed by atoms with Crippen LogP contribution in [0.5, 0.6) is 0 Å². The molecule has 1 heterocycles. The third kappa shape index (κ3) is 2.86. The second kappa shape index (κ2) is 6.53. The lowest BCUT2D eigenvalue weighted by molar-refractivity contribution is -0.151. The molecule has 1 aliphatic heterocycles. The molecule has 3 fully saturated rings. The maximum Gasteiger partial charge on any atom is 0.336 e. The fourth-order valence-corrected chi connectivity index (χ4v) is 5.56. The van der Waals surface area contributed by atoms with Crippen molar-refractivity contribution in [2.45, 2.75) is 58.2 Å².